The molecule has 1 amide bonds. The summed E-state index contributed by atoms with van der Waals surface area (Å²) in [5, 5.41) is 11.8. The number of ketones is 2. The number of anilines is 1. The van der Waals surface area contributed by atoms with Gasteiger partial charge in [0.25, 0.3) is 5.78 Å². The average molecular weight is 655 g/mol. The molecule has 1 atom stereocenters. The molecule has 1 aliphatic heterocycles. The summed E-state index contributed by atoms with van der Waals surface area (Å²) in [6.07, 6.45) is 2.98. The van der Waals surface area contributed by atoms with Crippen LogP contribution in [0, 0.1) is 13.8 Å². The number of unbranched alkanes of at least 4 members (excludes halogenated alkanes) is 2. The van der Waals surface area contributed by atoms with Crippen molar-refractivity contribution in [2.75, 3.05) is 18.6 Å². The van der Waals surface area contributed by atoms with Crippen LogP contribution in [0.2, 0.25) is 0 Å². The number of hydrogen-bond donors (Lipinski definition) is 1. The van der Waals surface area contributed by atoms with Crippen molar-refractivity contribution in [3.63, 3.8) is 0 Å². The van der Waals surface area contributed by atoms with Crippen LogP contribution in [0.1, 0.15) is 76.8 Å². The van der Waals surface area contributed by atoms with Crippen LogP contribution in [0.15, 0.2) is 72.3 Å². The average Bonchev–Trinajstić information content (AvgIpc) is 3.58. The summed E-state index contributed by atoms with van der Waals surface area (Å²) in [5.74, 6) is -0.762. The zero-order chi connectivity index (χ0) is 33.7. The summed E-state index contributed by atoms with van der Waals surface area (Å²) >= 11 is 1.03. The second-order valence-corrected chi connectivity index (χ2v) is 12.3. The fraction of sp³-hybridized carbons (Fsp3) is 0.297. The van der Waals surface area contributed by atoms with E-state index in [-0.39, 0.29) is 22.2 Å². The molecule has 0 radical (unpaired) electrons. The van der Waals surface area contributed by atoms with Gasteiger partial charge in [-0.2, -0.15) is 0 Å². The van der Waals surface area contributed by atoms with Crippen LogP contribution in [0.4, 0.5) is 5.13 Å². The molecule has 1 fully saturated rings. The van der Waals surface area contributed by atoms with Gasteiger partial charge < -0.3 is 19.3 Å². The van der Waals surface area contributed by atoms with Gasteiger partial charge in [-0.1, -0.05) is 61.4 Å². The van der Waals surface area contributed by atoms with Crippen LogP contribution in [-0.4, -0.2) is 41.3 Å². The van der Waals surface area contributed by atoms with E-state index >= 15 is 0 Å². The lowest BCUT2D eigenvalue weighted by Gasteiger charge is -2.24. The number of methoxy groups -OCH3 is 1. The smallest absolute Gasteiger partial charge is 0.301 e. The van der Waals surface area contributed by atoms with Gasteiger partial charge in [0.15, 0.2) is 22.4 Å². The maximum Gasteiger partial charge on any atom is 0.301 e. The number of benzene rings is 3. The van der Waals surface area contributed by atoms with Crippen LogP contribution in [0.25, 0.3) is 5.76 Å². The molecule has 1 N–H and O–H groups in total. The lowest BCUT2D eigenvalue weighted by molar-refractivity contribution is -0.132. The maximum atomic E-state index is 13.7. The monoisotopic (exact) mass is 654 g/mol. The van der Waals surface area contributed by atoms with Crippen molar-refractivity contribution < 1.29 is 33.7 Å². The van der Waals surface area contributed by atoms with E-state index < -0.39 is 17.7 Å². The van der Waals surface area contributed by atoms with Gasteiger partial charge in [0.2, 0.25) is 0 Å². The predicted octanol–water partition coefficient (Wildman–Crippen LogP) is 7.75. The molecule has 1 aromatic heterocycles. The van der Waals surface area contributed by atoms with E-state index in [9.17, 15) is 19.5 Å². The van der Waals surface area contributed by atoms with Crippen LogP contribution in [0.3, 0.4) is 0 Å². The number of Topliss-reactive ketones (excluding diaryl/α,β-unsaturated/α-hetero) is 2. The molecule has 0 spiro atoms. The Morgan fingerprint density at radius 3 is 2.38 bits per heavy atom. The molecule has 1 saturated heterocycles. The summed E-state index contributed by atoms with van der Waals surface area (Å²) in [7, 11) is 1.51. The standard InChI is InChI=1S/C37H38N2O7S/c1-6-7-10-19-45-29-18-15-26(20-30(29)44-5)32-31(34(42)36(43)39(32)37-38-23(3)35(47-37)24(4)40)33(41)25-13-16-28(17-14-25)46-21-27-12-9-8-11-22(27)2/h8-9,11-18,20,32,41H,6-7,10,19,21H2,1-5H3/b33-31+. The number of ether oxygens (including phenoxy) is 3. The molecule has 3 aromatic carbocycles. The molecule has 0 saturated carbocycles. The third-order valence-corrected chi connectivity index (χ3v) is 9.31. The lowest BCUT2D eigenvalue weighted by Crippen LogP contribution is -2.29. The molecule has 1 unspecified atom stereocenters. The number of aliphatic hydroxyl groups is 1. The van der Waals surface area contributed by atoms with Gasteiger partial charge in [-0.05, 0) is 73.4 Å². The highest BCUT2D eigenvalue weighted by molar-refractivity contribution is 7.18. The van der Waals surface area contributed by atoms with Crippen molar-refractivity contribution >= 4 is 39.7 Å². The van der Waals surface area contributed by atoms with Gasteiger partial charge in [0.1, 0.15) is 18.1 Å². The molecule has 4 aromatic rings. The molecule has 0 aliphatic carbocycles. The summed E-state index contributed by atoms with van der Waals surface area (Å²) in [6.45, 7) is 8.12. The van der Waals surface area contributed by atoms with E-state index in [1.54, 1.807) is 49.4 Å². The first-order valence-corrected chi connectivity index (χ1v) is 16.3. The normalized spacial score (nSPS) is 15.6. The molecule has 244 valence electrons. The topological polar surface area (TPSA) is 115 Å². The van der Waals surface area contributed by atoms with Crippen LogP contribution in [0.5, 0.6) is 17.2 Å². The predicted molar refractivity (Wildman–Crippen MR) is 182 cm³/mol. The fourth-order valence-corrected chi connectivity index (χ4v) is 6.45. The minimum absolute atomic E-state index is 0.112. The Bertz CT molecular complexity index is 1830. The minimum Gasteiger partial charge on any atom is -0.507 e. The Balaban J connectivity index is 1.54. The second kappa shape index (κ2) is 14.6. The number of aryl methyl sites for hydroxylation is 2. The zero-order valence-corrected chi connectivity index (χ0v) is 28.0. The van der Waals surface area contributed by atoms with E-state index in [1.165, 1.54) is 18.9 Å². The molecule has 10 heteroatoms. The second-order valence-electron chi connectivity index (χ2n) is 11.3. The molecule has 9 nitrogen and oxygen atoms in total. The lowest BCUT2D eigenvalue weighted by atomic mass is 9.95. The van der Waals surface area contributed by atoms with Gasteiger partial charge in [-0.3, -0.25) is 19.3 Å². The van der Waals surface area contributed by atoms with Crippen molar-refractivity contribution in [3.8, 4) is 17.2 Å². The molecular formula is C37H38N2O7S. The van der Waals surface area contributed by atoms with Gasteiger partial charge in [0, 0.05) is 12.5 Å². The molecule has 2 heterocycles. The summed E-state index contributed by atoms with van der Waals surface area (Å²) in [4.78, 5) is 45.8. The Labute approximate surface area is 278 Å². The number of thiazole rings is 1. The van der Waals surface area contributed by atoms with Crippen molar-refractivity contribution in [2.24, 2.45) is 0 Å². The van der Waals surface area contributed by atoms with E-state index in [4.69, 9.17) is 14.2 Å². The molecule has 47 heavy (non-hydrogen) atoms. The first-order valence-electron chi connectivity index (χ1n) is 15.5. The zero-order valence-electron chi connectivity index (χ0n) is 27.2. The number of aliphatic hydroxyl groups excluding tert-OH is 1. The van der Waals surface area contributed by atoms with E-state index in [1.807, 2.05) is 31.2 Å². The summed E-state index contributed by atoms with van der Waals surface area (Å²) in [5.41, 5.74) is 3.34. The first-order chi connectivity index (χ1) is 22.6. The first kappa shape index (κ1) is 33.4. The number of carbonyl (C=O) groups excluding carboxylic acids is 3. The fourth-order valence-electron chi connectivity index (χ4n) is 5.46. The Morgan fingerprint density at radius 1 is 0.979 bits per heavy atom. The van der Waals surface area contributed by atoms with Gasteiger partial charge in [-0.25, -0.2) is 4.98 Å². The highest BCUT2D eigenvalue weighted by Crippen LogP contribution is 2.45. The van der Waals surface area contributed by atoms with E-state index in [2.05, 4.69) is 11.9 Å². The largest absolute Gasteiger partial charge is 0.507 e. The van der Waals surface area contributed by atoms with Crippen LogP contribution >= 0.6 is 11.3 Å². The molecule has 0 bridgehead atoms. The number of amides is 1. The number of carbonyl (C=O) groups is 3. The minimum atomic E-state index is -1.06. The number of hydrogen-bond acceptors (Lipinski definition) is 9. The quantitative estimate of drug-likeness (QED) is 0.0512. The SMILES string of the molecule is CCCCCOc1ccc(C2/C(=C(\O)c3ccc(OCc4ccccc4C)cc3)C(=O)C(=O)N2c2nc(C)c(C(C)=O)s2)cc1OC. The van der Waals surface area contributed by atoms with Crippen LogP contribution < -0.4 is 19.1 Å². The van der Waals surface area contributed by atoms with Crippen molar-refractivity contribution in [2.45, 2.75) is 59.6 Å². The Morgan fingerprint density at radius 2 is 1.72 bits per heavy atom. The third-order valence-electron chi connectivity index (χ3n) is 8.05. The summed E-state index contributed by atoms with van der Waals surface area (Å²) in [6, 6.07) is 18.7. The van der Waals surface area contributed by atoms with Crippen molar-refractivity contribution in [1.82, 2.24) is 4.98 Å². The van der Waals surface area contributed by atoms with Crippen LogP contribution in [-0.2, 0) is 16.2 Å². The third kappa shape index (κ3) is 7.07. The molecular weight excluding hydrogens is 616 g/mol. The highest BCUT2D eigenvalue weighted by Gasteiger charge is 2.48. The maximum absolute atomic E-state index is 13.7. The van der Waals surface area contributed by atoms with Gasteiger partial charge >= 0.3 is 5.91 Å². The Hall–Kier alpha value is -4.96. The van der Waals surface area contributed by atoms with Crippen molar-refractivity contribution in [3.05, 3.63) is 105 Å². The highest BCUT2D eigenvalue weighted by atomic mass is 32.1. The number of rotatable bonds is 13. The molecule has 5 rings (SSSR count). The molecule has 1 aliphatic rings. The Kier molecular flexibility index (Phi) is 10.4. The van der Waals surface area contributed by atoms with Gasteiger partial charge in [0.05, 0.1) is 35.9 Å². The van der Waals surface area contributed by atoms with E-state index in [0.717, 1.165) is 41.7 Å². The number of nitrogens with zero attached hydrogens (tertiary/aromatic N) is 2. The van der Waals surface area contributed by atoms with E-state index in [0.29, 0.717) is 52.2 Å². The summed E-state index contributed by atoms with van der Waals surface area (Å²) < 4.78 is 17.6. The van der Waals surface area contributed by atoms with Gasteiger partial charge in [-0.15, -0.1) is 0 Å². The van der Waals surface area contributed by atoms with Crippen molar-refractivity contribution in [1.29, 1.82) is 0 Å². The number of aromatic nitrogens is 1.